The molecule has 0 fully saturated rings. The molecule has 0 saturated carbocycles. The molecular weight excluding hydrogens is 258 g/mol. The molecule has 19 heavy (non-hydrogen) atoms. The smallest absolute Gasteiger partial charge is 0.119 e. The normalized spacial score (nSPS) is 11.4. The molecule has 1 N–H and O–H groups in total. The van der Waals surface area contributed by atoms with E-state index in [1.165, 1.54) is 5.56 Å². The minimum absolute atomic E-state index is 0. The van der Waals surface area contributed by atoms with Gasteiger partial charge in [-0.2, -0.15) is 0 Å². The zero-order valence-electron chi connectivity index (χ0n) is 11.1. The van der Waals surface area contributed by atoms with E-state index in [9.17, 15) is 0 Å². The number of ether oxygens (including phenoxy) is 1. The number of benzene rings is 2. The number of rotatable bonds is 6. The summed E-state index contributed by atoms with van der Waals surface area (Å²) in [6.07, 6.45) is 0. The van der Waals surface area contributed by atoms with Crippen molar-refractivity contribution in [1.82, 2.24) is 5.32 Å². The summed E-state index contributed by atoms with van der Waals surface area (Å²) in [6, 6.07) is 20.7. The molecule has 0 aliphatic heterocycles. The molecule has 2 rings (SSSR count). The van der Waals surface area contributed by atoms with Gasteiger partial charge in [-0.25, -0.2) is 0 Å². The predicted octanol–water partition coefficient (Wildman–Crippen LogP) is 3.84. The Morgan fingerprint density at radius 2 is 1.53 bits per heavy atom. The molecule has 1 atom stereocenters. The third-order valence-electron chi connectivity index (χ3n) is 2.86. The Bertz CT molecular complexity index is 447. The third-order valence-corrected chi connectivity index (χ3v) is 2.86. The van der Waals surface area contributed by atoms with Crippen LogP contribution in [-0.4, -0.2) is 13.2 Å². The summed E-state index contributed by atoms with van der Waals surface area (Å²) in [6.45, 7) is 3.68. The van der Waals surface area contributed by atoms with Gasteiger partial charge in [-0.1, -0.05) is 48.5 Å². The number of hydrogen-bond donors (Lipinski definition) is 1. The summed E-state index contributed by atoms with van der Waals surface area (Å²) in [5, 5.41) is 3.44. The number of halogens is 1. The number of nitrogens with one attached hydrogen (secondary N) is 1. The highest BCUT2D eigenvalue weighted by Crippen LogP contribution is 2.11. The van der Waals surface area contributed by atoms with Gasteiger partial charge in [0.05, 0.1) is 0 Å². The Morgan fingerprint density at radius 3 is 2.16 bits per heavy atom. The van der Waals surface area contributed by atoms with E-state index in [0.717, 1.165) is 12.3 Å². The van der Waals surface area contributed by atoms with Crippen molar-refractivity contribution in [3.05, 3.63) is 66.2 Å². The molecule has 2 aromatic rings. The van der Waals surface area contributed by atoms with Crippen LogP contribution >= 0.6 is 12.4 Å². The van der Waals surface area contributed by atoms with Crippen LogP contribution in [0.3, 0.4) is 0 Å². The van der Waals surface area contributed by atoms with Crippen molar-refractivity contribution in [1.29, 1.82) is 0 Å². The lowest BCUT2D eigenvalue weighted by molar-refractivity contribution is 0.307. The summed E-state index contributed by atoms with van der Waals surface area (Å²) < 4.78 is 5.63. The van der Waals surface area contributed by atoms with Gasteiger partial charge in [0.15, 0.2) is 0 Å². The molecule has 2 nitrogen and oxygen atoms in total. The lowest BCUT2D eigenvalue weighted by Crippen LogP contribution is -2.24. The maximum absolute atomic E-state index is 5.63. The van der Waals surface area contributed by atoms with Crippen LogP contribution in [0.4, 0.5) is 0 Å². The Kier molecular flexibility index (Phi) is 7.01. The van der Waals surface area contributed by atoms with Gasteiger partial charge < -0.3 is 10.1 Å². The molecule has 0 aliphatic carbocycles. The first-order valence-corrected chi connectivity index (χ1v) is 6.32. The SMILES string of the molecule is CC(NCCOc1ccccc1)c1ccccc1.Cl. The Balaban J connectivity index is 0.00000180. The molecule has 3 heteroatoms. The molecule has 1 unspecified atom stereocenters. The Morgan fingerprint density at radius 1 is 0.947 bits per heavy atom. The first-order valence-electron chi connectivity index (χ1n) is 6.32. The molecule has 0 aromatic heterocycles. The molecule has 0 saturated heterocycles. The molecule has 0 aliphatic rings. The van der Waals surface area contributed by atoms with Crippen molar-refractivity contribution in [3.8, 4) is 5.75 Å². The molecular formula is C16H20ClNO. The summed E-state index contributed by atoms with van der Waals surface area (Å²) in [5.74, 6) is 0.923. The molecule has 0 heterocycles. The van der Waals surface area contributed by atoms with Crippen LogP contribution in [0.1, 0.15) is 18.5 Å². The largest absolute Gasteiger partial charge is 0.492 e. The molecule has 2 aromatic carbocycles. The van der Waals surface area contributed by atoms with Gasteiger partial charge in [-0.3, -0.25) is 0 Å². The second kappa shape index (κ2) is 8.57. The summed E-state index contributed by atoms with van der Waals surface area (Å²) >= 11 is 0. The zero-order chi connectivity index (χ0) is 12.6. The number of para-hydroxylation sites is 1. The van der Waals surface area contributed by atoms with E-state index in [4.69, 9.17) is 4.74 Å². The monoisotopic (exact) mass is 277 g/mol. The molecule has 0 amide bonds. The lowest BCUT2D eigenvalue weighted by Gasteiger charge is -2.14. The Labute approximate surface area is 121 Å². The summed E-state index contributed by atoms with van der Waals surface area (Å²) in [5.41, 5.74) is 1.30. The minimum atomic E-state index is 0. The summed E-state index contributed by atoms with van der Waals surface area (Å²) in [4.78, 5) is 0. The van der Waals surface area contributed by atoms with Crippen molar-refractivity contribution >= 4 is 12.4 Å². The van der Waals surface area contributed by atoms with Crippen molar-refractivity contribution in [3.63, 3.8) is 0 Å². The number of hydrogen-bond acceptors (Lipinski definition) is 2. The van der Waals surface area contributed by atoms with Crippen LogP contribution < -0.4 is 10.1 Å². The van der Waals surface area contributed by atoms with Gasteiger partial charge in [0.2, 0.25) is 0 Å². The van der Waals surface area contributed by atoms with Crippen LogP contribution in [0.15, 0.2) is 60.7 Å². The van der Waals surface area contributed by atoms with Gasteiger partial charge in [0.25, 0.3) is 0 Å². The average molecular weight is 278 g/mol. The molecule has 102 valence electrons. The second-order valence-electron chi connectivity index (χ2n) is 4.25. The van der Waals surface area contributed by atoms with Gasteiger partial charge >= 0.3 is 0 Å². The highest BCUT2D eigenvalue weighted by atomic mass is 35.5. The molecule has 0 bridgehead atoms. The van der Waals surface area contributed by atoms with E-state index in [1.807, 2.05) is 36.4 Å². The Hall–Kier alpha value is -1.51. The molecule has 0 spiro atoms. The van der Waals surface area contributed by atoms with Crippen LogP contribution in [-0.2, 0) is 0 Å². The maximum atomic E-state index is 5.63. The van der Waals surface area contributed by atoms with E-state index >= 15 is 0 Å². The first kappa shape index (κ1) is 15.5. The fourth-order valence-electron chi connectivity index (χ4n) is 1.82. The lowest BCUT2D eigenvalue weighted by atomic mass is 10.1. The highest BCUT2D eigenvalue weighted by molar-refractivity contribution is 5.85. The fourth-order valence-corrected chi connectivity index (χ4v) is 1.82. The van der Waals surface area contributed by atoms with E-state index < -0.39 is 0 Å². The standard InChI is InChI=1S/C16H19NO.ClH/c1-14(15-8-4-2-5-9-15)17-12-13-18-16-10-6-3-7-11-16;/h2-11,14,17H,12-13H2,1H3;1H. The van der Waals surface area contributed by atoms with E-state index in [1.54, 1.807) is 0 Å². The quantitative estimate of drug-likeness (QED) is 0.810. The van der Waals surface area contributed by atoms with Crippen LogP contribution in [0.25, 0.3) is 0 Å². The van der Waals surface area contributed by atoms with Crippen LogP contribution in [0, 0.1) is 0 Å². The van der Waals surface area contributed by atoms with Crippen LogP contribution in [0.5, 0.6) is 5.75 Å². The van der Waals surface area contributed by atoms with Crippen molar-refractivity contribution in [2.75, 3.05) is 13.2 Å². The summed E-state index contributed by atoms with van der Waals surface area (Å²) in [7, 11) is 0. The van der Waals surface area contributed by atoms with Gasteiger partial charge in [0.1, 0.15) is 12.4 Å². The zero-order valence-corrected chi connectivity index (χ0v) is 11.9. The minimum Gasteiger partial charge on any atom is -0.492 e. The predicted molar refractivity (Wildman–Crippen MR) is 82.0 cm³/mol. The van der Waals surface area contributed by atoms with Crippen LogP contribution in [0.2, 0.25) is 0 Å². The van der Waals surface area contributed by atoms with Crippen molar-refractivity contribution < 1.29 is 4.74 Å². The van der Waals surface area contributed by atoms with Crippen molar-refractivity contribution in [2.24, 2.45) is 0 Å². The molecule has 0 radical (unpaired) electrons. The van der Waals surface area contributed by atoms with E-state index in [-0.39, 0.29) is 12.4 Å². The van der Waals surface area contributed by atoms with Gasteiger partial charge in [0, 0.05) is 12.6 Å². The second-order valence-corrected chi connectivity index (χ2v) is 4.25. The van der Waals surface area contributed by atoms with Crippen molar-refractivity contribution in [2.45, 2.75) is 13.0 Å². The average Bonchev–Trinajstić information content (AvgIpc) is 2.45. The van der Waals surface area contributed by atoms with Gasteiger partial charge in [-0.05, 0) is 24.6 Å². The fraction of sp³-hybridized carbons (Fsp3) is 0.250. The third kappa shape index (κ3) is 5.33. The van der Waals surface area contributed by atoms with E-state index in [2.05, 4.69) is 36.5 Å². The first-order chi connectivity index (χ1) is 8.86. The van der Waals surface area contributed by atoms with E-state index in [0.29, 0.717) is 12.6 Å². The topological polar surface area (TPSA) is 21.3 Å². The highest BCUT2D eigenvalue weighted by Gasteiger charge is 2.02. The maximum Gasteiger partial charge on any atom is 0.119 e. The van der Waals surface area contributed by atoms with Gasteiger partial charge in [-0.15, -0.1) is 12.4 Å².